The standard InChI is InChI=1S/C19H25N5O4S/c1-26-16-14-15(13(10-20-16)23-5-8-27-9-6-23)29-17(21-14)22-18(25)24-4-2-19(11-24)3-7-28-12-19/h10H,2-9,11-12H2,1H3,(H,21,22,25)/t19-/m1/s1. The number of urea groups is 1. The lowest BCUT2D eigenvalue weighted by atomic mass is 9.87. The van der Waals surface area contributed by atoms with E-state index in [0.29, 0.717) is 29.7 Å². The molecule has 5 heterocycles. The van der Waals surface area contributed by atoms with Gasteiger partial charge in [-0.2, -0.15) is 0 Å². The molecule has 0 saturated carbocycles. The van der Waals surface area contributed by atoms with E-state index in [-0.39, 0.29) is 11.4 Å². The fourth-order valence-corrected chi connectivity index (χ4v) is 5.35. The average Bonchev–Trinajstić information content (AvgIpc) is 3.48. The Morgan fingerprint density at radius 3 is 2.86 bits per heavy atom. The number of pyridine rings is 1. The lowest BCUT2D eigenvalue weighted by Crippen LogP contribution is -2.36. The molecule has 1 N–H and O–H groups in total. The Labute approximate surface area is 172 Å². The highest BCUT2D eigenvalue weighted by atomic mass is 32.1. The van der Waals surface area contributed by atoms with Crippen LogP contribution in [0.15, 0.2) is 6.20 Å². The number of fused-ring (bicyclic) bond motifs is 1. The molecule has 0 bridgehead atoms. The molecule has 2 aromatic heterocycles. The molecule has 1 atom stereocenters. The quantitative estimate of drug-likeness (QED) is 0.816. The summed E-state index contributed by atoms with van der Waals surface area (Å²) in [5.41, 5.74) is 1.82. The predicted octanol–water partition coefficient (Wildman–Crippen LogP) is 2.18. The number of aromatic nitrogens is 2. The van der Waals surface area contributed by atoms with Crippen molar-refractivity contribution in [2.75, 3.05) is 69.9 Å². The van der Waals surface area contributed by atoms with Gasteiger partial charge >= 0.3 is 6.03 Å². The molecule has 2 aromatic rings. The number of carbonyl (C=O) groups is 1. The van der Waals surface area contributed by atoms with Crippen LogP contribution in [0.4, 0.5) is 15.6 Å². The van der Waals surface area contributed by atoms with Gasteiger partial charge in [-0.05, 0) is 12.8 Å². The Morgan fingerprint density at radius 1 is 1.24 bits per heavy atom. The zero-order valence-corrected chi connectivity index (χ0v) is 17.3. The van der Waals surface area contributed by atoms with Crippen molar-refractivity contribution in [1.29, 1.82) is 0 Å². The van der Waals surface area contributed by atoms with E-state index in [1.165, 1.54) is 11.3 Å². The number of morpholine rings is 1. The Bertz CT molecular complexity index is 907. The zero-order chi connectivity index (χ0) is 19.8. The maximum atomic E-state index is 12.8. The van der Waals surface area contributed by atoms with E-state index in [2.05, 4.69) is 20.2 Å². The SMILES string of the molecule is COc1ncc(N2CCOCC2)c2sc(NC(=O)N3CC[C@@]4(CCOC4)C3)nc12. The van der Waals surface area contributed by atoms with Crippen LogP contribution in [0, 0.1) is 5.41 Å². The number of amides is 2. The Morgan fingerprint density at radius 2 is 2.10 bits per heavy atom. The molecule has 3 fully saturated rings. The van der Waals surface area contributed by atoms with Crippen LogP contribution in [0.2, 0.25) is 0 Å². The van der Waals surface area contributed by atoms with Crippen LogP contribution in [0.1, 0.15) is 12.8 Å². The summed E-state index contributed by atoms with van der Waals surface area (Å²) >= 11 is 1.46. The van der Waals surface area contributed by atoms with Gasteiger partial charge in [0.2, 0.25) is 5.88 Å². The zero-order valence-electron chi connectivity index (χ0n) is 16.5. The number of ether oxygens (including phenoxy) is 3. The molecule has 156 valence electrons. The van der Waals surface area contributed by atoms with E-state index in [1.54, 1.807) is 7.11 Å². The first-order valence-electron chi connectivity index (χ1n) is 9.97. The molecule has 29 heavy (non-hydrogen) atoms. The molecule has 0 radical (unpaired) electrons. The number of thiazole rings is 1. The number of nitrogens with one attached hydrogen (secondary N) is 1. The van der Waals surface area contributed by atoms with Gasteiger partial charge in [0.05, 0.1) is 43.5 Å². The highest BCUT2D eigenvalue weighted by molar-refractivity contribution is 7.23. The van der Waals surface area contributed by atoms with Gasteiger partial charge in [0.1, 0.15) is 5.52 Å². The molecule has 0 unspecified atom stereocenters. The average molecular weight is 420 g/mol. The predicted molar refractivity (Wildman–Crippen MR) is 110 cm³/mol. The van der Waals surface area contributed by atoms with E-state index >= 15 is 0 Å². The van der Waals surface area contributed by atoms with Gasteiger partial charge in [-0.3, -0.25) is 5.32 Å². The summed E-state index contributed by atoms with van der Waals surface area (Å²) in [4.78, 5) is 26.0. The lowest BCUT2D eigenvalue weighted by Gasteiger charge is -2.28. The topological polar surface area (TPSA) is 89.1 Å². The summed E-state index contributed by atoms with van der Waals surface area (Å²) in [7, 11) is 1.58. The number of likely N-dealkylation sites (tertiary alicyclic amines) is 1. The number of methoxy groups -OCH3 is 1. The third-order valence-electron chi connectivity index (χ3n) is 6.04. The maximum Gasteiger partial charge on any atom is 0.323 e. The van der Waals surface area contributed by atoms with E-state index in [0.717, 1.165) is 62.6 Å². The van der Waals surface area contributed by atoms with Gasteiger partial charge in [0.15, 0.2) is 5.13 Å². The second-order valence-corrected chi connectivity index (χ2v) is 8.85. The molecule has 2 amide bonds. The van der Waals surface area contributed by atoms with Gasteiger partial charge in [0, 0.05) is 38.2 Å². The monoisotopic (exact) mass is 419 g/mol. The summed E-state index contributed by atoms with van der Waals surface area (Å²) in [6, 6.07) is -0.104. The van der Waals surface area contributed by atoms with Gasteiger partial charge < -0.3 is 24.0 Å². The number of anilines is 2. The first-order chi connectivity index (χ1) is 14.2. The maximum absolute atomic E-state index is 12.8. The Kier molecular flexibility index (Phi) is 4.92. The van der Waals surface area contributed by atoms with Crippen LogP contribution in [0.3, 0.4) is 0 Å². The second-order valence-electron chi connectivity index (χ2n) is 7.85. The van der Waals surface area contributed by atoms with Crippen LogP contribution in [0.25, 0.3) is 10.2 Å². The van der Waals surface area contributed by atoms with Gasteiger partial charge in [-0.1, -0.05) is 11.3 Å². The molecule has 10 heteroatoms. The Balaban J connectivity index is 1.38. The molecule has 3 aliphatic heterocycles. The first kappa shape index (κ1) is 18.8. The second kappa shape index (κ2) is 7.58. The number of hydrogen-bond acceptors (Lipinski definition) is 8. The molecular weight excluding hydrogens is 394 g/mol. The van der Waals surface area contributed by atoms with Crippen molar-refractivity contribution in [2.45, 2.75) is 12.8 Å². The van der Waals surface area contributed by atoms with Crippen molar-refractivity contribution in [2.24, 2.45) is 5.41 Å². The molecule has 0 aliphatic carbocycles. The summed E-state index contributed by atoms with van der Waals surface area (Å²) in [6.45, 7) is 6.04. The smallest absolute Gasteiger partial charge is 0.323 e. The number of hydrogen-bond donors (Lipinski definition) is 1. The minimum atomic E-state index is -0.104. The van der Waals surface area contributed by atoms with Crippen molar-refractivity contribution >= 4 is 38.4 Å². The fourth-order valence-electron chi connectivity index (χ4n) is 4.36. The van der Waals surface area contributed by atoms with Crippen LogP contribution in [-0.4, -0.2) is 80.6 Å². The van der Waals surface area contributed by atoms with Crippen LogP contribution >= 0.6 is 11.3 Å². The van der Waals surface area contributed by atoms with E-state index in [1.807, 2.05) is 11.1 Å². The normalized spacial score (nSPS) is 24.6. The summed E-state index contributed by atoms with van der Waals surface area (Å²) < 4.78 is 17.4. The lowest BCUT2D eigenvalue weighted by molar-refractivity contribution is 0.123. The van der Waals surface area contributed by atoms with Crippen molar-refractivity contribution in [3.05, 3.63) is 6.20 Å². The number of nitrogens with zero attached hydrogens (tertiary/aromatic N) is 4. The first-order valence-corrected chi connectivity index (χ1v) is 10.8. The Hall–Kier alpha value is -2.17. The van der Waals surface area contributed by atoms with E-state index in [4.69, 9.17) is 14.2 Å². The van der Waals surface area contributed by atoms with Crippen molar-refractivity contribution < 1.29 is 19.0 Å². The third kappa shape index (κ3) is 3.49. The number of carbonyl (C=O) groups excluding carboxylic acids is 1. The molecular formula is C19H25N5O4S. The minimum absolute atomic E-state index is 0.104. The molecule has 0 aromatic carbocycles. The van der Waals surface area contributed by atoms with Crippen LogP contribution < -0.4 is 15.0 Å². The van der Waals surface area contributed by atoms with E-state index < -0.39 is 0 Å². The summed E-state index contributed by atoms with van der Waals surface area (Å²) in [5.74, 6) is 0.469. The largest absolute Gasteiger partial charge is 0.479 e. The van der Waals surface area contributed by atoms with Crippen molar-refractivity contribution in [1.82, 2.24) is 14.9 Å². The van der Waals surface area contributed by atoms with Gasteiger partial charge in [-0.25, -0.2) is 14.8 Å². The highest BCUT2D eigenvalue weighted by Crippen LogP contribution is 2.40. The molecule has 5 rings (SSSR count). The molecule has 1 spiro atoms. The fraction of sp³-hybridized carbons (Fsp3) is 0.632. The molecule has 3 saturated heterocycles. The third-order valence-corrected chi connectivity index (χ3v) is 7.03. The van der Waals surface area contributed by atoms with Crippen LogP contribution in [-0.2, 0) is 9.47 Å². The van der Waals surface area contributed by atoms with Crippen molar-refractivity contribution in [3.63, 3.8) is 0 Å². The van der Waals surface area contributed by atoms with Crippen molar-refractivity contribution in [3.8, 4) is 5.88 Å². The van der Waals surface area contributed by atoms with Crippen LogP contribution in [0.5, 0.6) is 5.88 Å². The minimum Gasteiger partial charge on any atom is -0.479 e. The summed E-state index contributed by atoms with van der Waals surface area (Å²) in [6.07, 6.45) is 3.85. The van der Waals surface area contributed by atoms with E-state index in [9.17, 15) is 4.79 Å². The summed E-state index contributed by atoms with van der Waals surface area (Å²) in [5, 5.41) is 3.55. The molecule has 3 aliphatic rings. The molecule has 9 nitrogen and oxygen atoms in total. The van der Waals surface area contributed by atoms with Gasteiger partial charge in [0.25, 0.3) is 0 Å². The highest BCUT2D eigenvalue weighted by Gasteiger charge is 2.42. The van der Waals surface area contributed by atoms with Gasteiger partial charge in [-0.15, -0.1) is 0 Å². The number of rotatable bonds is 3.